The normalized spacial score (nSPS) is 11.3. The number of aromatic nitrogens is 2. The number of amides is 1. The maximum atomic E-state index is 12.9. The van der Waals surface area contributed by atoms with Crippen LogP contribution in [0.2, 0.25) is 0 Å². The third-order valence-corrected chi connectivity index (χ3v) is 6.93. The second-order valence-corrected chi connectivity index (χ2v) is 10.7. The molecule has 1 heterocycles. The van der Waals surface area contributed by atoms with E-state index in [0.717, 1.165) is 11.8 Å². The summed E-state index contributed by atoms with van der Waals surface area (Å²) in [5.74, 6) is -0.359. The zero-order valence-corrected chi connectivity index (χ0v) is 22.7. The summed E-state index contributed by atoms with van der Waals surface area (Å²) in [7, 11) is -1.79. The highest BCUT2D eigenvalue weighted by atomic mass is 32.2. The number of carbonyl (C=O) groups is 2. The second-order valence-electron chi connectivity index (χ2n) is 8.69. The number of ether oxygens (including phenoxy) is 1. The van der Waals surface area contributed by atoms with Crippen molar-refractivity contribution in [3.8, 4) is 22.7 Å². The maximum Gasteiger partial charge on any atom is 0.295 e. The molecular formula is C28H24N4O8S. The first-order chi connectivity index (χ1) is 19.5. The number of nitrogens with zero attached hydrogens (tertiary/aromatic N) is 3. The molecule has 0 fully saturated rings. The Balaban J connectivity index is 1.58. The topological polar surface area (TPSA) is 160 Å². The quantitative estimate of drug-likeness (QED) is 0.120. The van der Waals surface area contributed by atoms with E-state index in [2.05, 4.69) is 15.3 Å². The van der Waals surface area contributed by atoms with Crippen LogP contribution in [0.5, 0.6) is 5.75 Å². The van der Waals surface area contributed by atoms with Gasteiger partial charge in [-0.25, -0.2) is 13.1 Å². The van der Waals surface area contributed by atoms with Crippen molar-refractivity contribution in [2.24, 2.45) is 0 Å². The summed E-state index contributed by atoms with van der Waals surface area (Å²) in [5.41, 5.74) is 3.29. The van der Waals surface area contributed by atoms with Gasteiger partial charge in [0.05, 0.1) is 23.4 Å². The molecule has 41 heavy (non-hydrogen) atoms. The summed E-state index contributed by atoms with van der Waals surface area (Å²) in [6.45, 7) is -0.748. The van der Waals surface area contributed by atoms with Crippen LogP contribution in [-0.4, -0.2) is 54.9 Å². The SMILES string of the molecule is COc1ccc(-c2nn(-c3ccc(S(C)(=O)=O)cc3)cc2/C=C/C(=O)c2ccc(NC(=O)CO[N+](=O)[O-])cc2)cc1. The molecule has 0 spiro atoms. The number of anilines is 1. The molecule has 0 aliphatic rings. The van der Waals surface area contributed by atoms with Crippen LogP contribution in [-0.2, 0) is 19.5 Å². The Labute approximate surface area is 234 Å². The van der Waals surface area contributed by atoms with Gasteiger partial charge in [0, 0.05) is 34.8 Å². The zero-order valence-electron chi connectivity index (χ0n) is 21.9. The summed E-state index contributed by atoms with van der Waals surface area (Å²) >= 11 is 0. The highest BCUT2D eigenvalue weighted by Gasteiger charge is 2.13. The predicted octanol–water partition coefficient (Wildman–Crippen LogP) is 3.99. The Bertz CT molecular complexity index is 1710. The van der Waals surface area contributed by atoms with E-state index >= 15 is 0 Å². The van der Waals surface area contributed by atoms with Crippen LogP contribution >= 0.6 is 0 Å². The summed E-state index contributed by atoms with van der Waals surface area (Å²) in [5, 5.41) is 16.3. The number of rotatable bonds is 11. The largest absolute Gasteiger partial charge is 0.497 e. The molecule has 0 aliphatic carbocycles. The minimum atomic E-state index is -3.35. The standard InChI is InChI=1S/C28H24N4O8S/c1-39-24-12-5-20(6-13-24)28-21(17-31(30-28)23-10-14-25(15-11-23)41(2,37)38)7-16-26(33)19-3-8-22(9-4-19)29-27(34)18-40-32(35)36/h3-17H,18H2,1-2H3,(H,29,34)/b16-7+. The lowest BCUT2D eigenvalue weighted by atomic mass is 10.1. The molecule has 0 saturated heterocycles. The molecule has 4 aromatic rings. The molecule has 1 N–H and O–H groups in total. The van der Waals surface area contributed by atoms with Crippen LogP contribution < -0.4 is 10.1 Å². The molecule has 4 rings (SSSR count). The van der Waals surface area contributed by atoms with Gasteiger partial charge in [-0.15, -0.1) is 10.1 Å². The van der Waals surface area contributed by atoms with E-state index in [4.69, 9.17) is 4.74 Å². The molecule has 0 saturated carbocycles. The minimum absolute atomic E-state index is 0.185. The lowest BCUT2D eigenvalue weighted by Gasteiger charge is -2.05. The van der Waals surface area contributed by atoms with Crippen LogP contribution in [0.25, 0.3) is 23.0 Å². The van der Waals surface area contributed by atoms with E-state index in [1.807, 2.05) is 12.1 Å². The van der Waals surface area contributed by atoms with Crippen molar-refractivity contribution < 1.29 is 32.7 Å². The minimum Gasteiger partial charge on any atom is -0.497 e. The molecule has 0 unspecified atom stereocenters. The van der Waals surface area contributed by atoms with Gasteiger partial charge >= 0.3 is 0 Å². The molecular weight excluding hydrogens is 552 g/mol. The van der Waals surface area contributed by atoms with Crippen LogP contribution in [0.4, 0.5) is 5.69 Å². The smallest absolute Gasteiger partial charge is 0.295 e. The lowest BCUT2D eigenvalue weighted by molar-refractivity contribution is -0.754. The van der Waals surface area contributed by atoms with Crippen molar-refractivity contribution in [1.82, 2.24) is 9.78 Å². The Morgan fingerprint density at radius 2 is 1.68 bits per heavy atom. The van der Waals surface area contributed by atoms with E-state index in [1.54, 1.807) is 48.3 Å². The van der Waals surface area contributed by atoms with E-state index in [1.165, 1.54) is 42.5 Å². The Morgan fingerprint density at radius 1 is 1.02 bits per heavy atom. The van der Waals surface area contributed by atoms with Crippen molar-refractivity contribution in [3.63, 3.8) is 0 Å². The van der Waals surface area contributed by atoms with Crippen LogP contribution in [0.1, 0.15) is 15.9 Å². The fourth-order valence-electron chi connectivity index (χ4n) is 3.75. The third-order valence-electron chi connectivity index (χ3n) is 5.80. The number of benzene rings is 3. The summed E-state index contributed by atoms with van der Waals surface area (Å²) < 4.78 is 30.5. The highest BCUT2D eigenvalue weighted by molar-refractivity contribution is 7.90. The number of carbonyl (C=O) groups excluding carboxylic acids is 2. The highest BCUT2D eigenvalue weighted by Crippen LogP contribution is 2.27. The number of hydrogen-bond donors (Lipinski definition) is 1. The second kappa shape index (κ2) is 12.3. The number of ketones is 1. The van der Waals surface area contributed by atoms with Gasteiger partial charge in [-0.1, -0.05) is 0 Å². The fourth-order valence-corrected chi connectivity index (χ4v) is 4.38. The first-order valence-electron chi connectivity index (χ1n) is 12.0. The van der Waals surface area contributed by atoms with E-state index < -0.39 is 27.4 Å². The van der Waals surface area contributed by atoms with Gasteiger partial charge in [-0.3, -0.25) is 9.59 Å². The number of nitrogens with one attached hydrogen (secondary N) is 1. The summed E-state index contributed by atoms with van der Waals surface area (Å²) in [6.07, 6.45) is 5.88. The zero-order chi connectivity index (χ0) is 29.6. The van der Waals surface area contributed by atoms with Gasteiger partial charge in [-0.05, 0) is 84.9 Å². The molecule has 1 amide bonds. The fraction of sp³-hybridized carbons (Fsp3) is 0.107. The van der Waals surface area contributed by atoms with Crippen molar-refractivity contribution in [3.05, 3.63) is 106 Å². The molecule has 13 heteroatoms. The van der Waals surface area contributed by atoms with Gasteiger partial charge < -0.3 is 14.9 Å². The Hall–Kier alpha value is -5.30. The van der Waals surface area contributed by atoms with Gasteiger partial charge in [0.2, 0.25) is 5.91 Å². The molecule has 0 aliphatic heterocycles. The van der Waals surface area contributed by atoms with Crippen LogP contribution in [0.3, 0.4) is 0 Å². The third kappa shape index (κ3) is 7.42. The van der Waals surface area contributed by atoms with Gasteiger partial charge in [0.1, 0.15) is 5.75 Å². The van der Waals surface area contributed by atoms with Crippen LogP contribution in [0.15, 0.2) is 90.0 Å². The van der Waals surface area contributed by atoms with Gasteiger partial charge in [-0.2, -0.15) is 5.10 Å². The van der Waals surface area contributed by atoms with E-state index in [9.17, 15) is 28.1 Å². The first kappa shape index (κ1) is 28.7. The molecule has 12 nitrogen and oxygen atoms in total. The number of allylic oxidation sites excluding steroid dienone is 1. The number of hydrogen-bond acceptors (Lipinski definition) is 9. The molecule has 0 atom stereocenters. The van der Waals surface area contributed by atoms with Crippen molar-refractivity contribution in [2.75, 3.05) is 25.3 Å². The number of methoxy groups -OCH3 is 1. The first-order valence-corrected chi connectivity index (χ1v) is 13.9. The Morgan fingerprint density at radius 3 is 2.27 bits per heavy atom. The molecule has 0 radical (unpaired) electrons. The van der Waals surface area contributed by atoms with Gasteiger partial charge in [0.15, 0.2) is 22.2 Å². The summed E-state index contributed by atoms with van der Waals surface area (Å²) in [4.78, 5) is 39.0. The maximum absolute atomic E-state index is 12.9. The van der Waals surface area contributed by atoms with Crippen molar-refractivity contribution in [1.29, 1.82) is 0 Å². The number of sulfone groups is 1. The Kier molecular flexibility index (Phi) is 8.58. The lowest BCUT2D eigenvalue weighted by Crippen LogP contribution is -2.20. The van der Waals surface area contributed by atoms with Crippen LogP contribution in [0, 0.1) is 10.1 Å². The monoisotopic (exact) mass is 576 g/mol. The average Bonchev–Trinajstić information content (AvgIpc) is 3.39. The summed E-state index contributed by atoms with van der Waals surface area (Å²) in [6, 6.07) is 19.5. The van der Waals surface area contributed by atoms with Gasteiger partial charge in [0.25, 0.3) is 5.09 Å². The molecule has 0 bridgehead atoms. The van der Waals surface area contributed by atoms with Crippen molar-refractivity contribution >= 4 is 33.3 Å². The molecule has 1 aromatic heterocycles. The van der Waals surface area contributed by atoms with E-state index in [0.29, 0.717) is 33.9 Å². The van der Waals surface area contributed by atoms with E-state index in [-0.39, 0.29) is 10.7 Å². The molecule has 3 aromatic carbocycles. The molecule has 210 valence electrons. The predicted molar refractivity (Wildman–Crippen MR) is 150 cm³/mol. The average molecular weight is 577 g/mol. The van der Waals surface area contributed by atoms with Crippen molar-refractivity contribution in [2.45, 2.75) is 4.90 Å².